The quantitative estimate of drug-likeness (QED) is 0.697. The third-order valence-electron chi connectivity index (χ3n) is 4.15. The predicted octanol–water partition coefficient (Wildman–Crippen LogP) is 3.45. The van der Waals surface area contributed by atoms with Gasteiger partial charge in [0.25, 0.3) is 0 Å². The Bertz CT molecular complexity index is 833. The molecule has 0 spiro atoms. The van der Waals surface area contributed by atoms with Crippen molar-refractivity contribution in [2.45, 2.75) is 4.90 Å². The number of rotatable bonds is 2. The molecule has 0 aliphatic carbocycles. The lowest BCUT2D eigenvalue weighted by Gasteiger charge is -2.26. The average Bonchev–Trinajstić information content (AvgIpc) is 2.66. The minimum atomic E-state index is 0.0762. The Morgan fingerprint density at radius 1 is 1.20 bits per heavy atom. The van der Waals surface area contributed by atoms with E-state index in [4.69, 9.17) is 4.74 Å². The van der Waals surface area contributed by atoms with Crippen LogP contribution in [0.4, 0.5) is 5.95 Å². The zero-order valence-electron chi connectivity index (χ0n) is 13.4. The van der Waals surface area contributed by atoms with Gasteiger partial charge < -0.3 is 9.64 Å². The Morgan fingerprint density at radius 3 is 2.72 bits per heavy atom. The van der Waals surface area contributed by atoms with E-state index in [0.29, 0.717) is 24.9 Å². The van der Waals surface area contributed by atoms with Crippen molar-refractivity contribution in [2.24, 2.45) is 0 Å². The van der Waals surface area contributed by atoms with Crippen molar-refractivity contribution in [3.63, 3.8) is 0 Å². The third-order valence-corrected chi connectivity index (χ3v) is 5.77. The standard InChI is InChI=1S/C18H16BrN3O2S/c19-14-1-2-16-15(8-14)17(23)13(11-25-16)7-12-9-20-18(21-10-12)22-3-5-24-6-4-22/h1-2,7-10H,3-6,11H2/b13-7-. The van der Waals surface area contributed by atoms with Crippen LogP contribution in [0.2, 0.25) is 0 Å². The number of aromatic nitrogens is 2. The largest absolute Gasteiger partial charge is 0.378 e. The van der Waals surface area contributed by atoms with Crippen molar-refractivity contribution in [3.8, 4) is 0 Å². The van der Waals surface area contributed by atoms with Crippen LogP contribution >= 0.6 is 27.7 Å². The lowest BCUT2D eigenvalue weighted by Crippen LogP contribution is -2.37. The fourth-order valence-corrected chi connectivity index (χ4v) is 4.20. The number of carbonyl (C=O) groups is 1. The summed E-state index contributed by atoms with van der Waals surface area (Å²) in [7, 11) is 0. The summed E-state index contributed by atoms with van der Waals surface area (Å²) >= 11 is 5.12. The van der Waals surface area contributed by atoms with Crippen LogP contribution in [0.15, 0.2) is 45.5 Å². The van der Waals surface area contributed by atoms with Crippen molar-refractivity contribution in [1.29, 1.82) is 0 Å². The molecule has 1 aromatic carbocycles. The van der Waals surface area contributed by atoms with E-state index in [1.165, 1.54) is 0 Å². The first-order chi connectivity index (χ1) is 12.2. The zero-order valence-corrected chi connectivity index (χ0v) is 15.8. The second kappa shape index (κ2) is 7.27. The molecule has 0 radical (unpaired) electrons. The van der Waals surface area contributed by atoms with Gasteiger partial charge in [-0.15, -0.1) is 11.8 Å². The van der Waals surface area contributed by atoms with E-state index in [1.807, 2.05) is 24.3 Å². The van der Waals surface area contributed by atoms with Crippen LogP contribution in [0.5, 0.6) is 0 Å². The summed E-state index contributed by atoms with van der Waals surface area (Å²) in [6.07, 6.45) is 5.45. The first-order valence-electron chi connectivity index (χ1n) is 8.03. The third kappa shape index (κ3) is 3.63. The normalized spacial score (nSPS) is 19.2. The van der Waals surface area contributed by atoms with Gasteiger partial charge in [-0.05, 0) is 24.3 Å². The number of benzene rings is 1. The summed E-state index contributed by atoms with van der Waals surface area (Å²) in [6.45, 7) is 3.02. The van der Waals surface area contributed by atoms with E-state index < -0.39 is 0 Å². The number of thioether (sulfide) groups is 1. The van der Waals surface area contributed by atoms with Gasteiger partial charge in [-0.1, -0.05) is 15.9 Å². The van der Waals surface area contributed by atoms with Crippen LogP contribution in [-0.2, 0) is 4.74 Å². The highest BCUT2D eigenvalue weighted by molar-refractivity contribution is 9.10. The molecule has 4 rings (SSSR count). The molecular formula is C18H16BrN3O2S. The van der Waals surface area contributed by atoms with Crippen molar-refractivity contribution < 1.29 is 9.53 Å². The summed E-state index contributed by atoms with van der Waals surface area (Å²) < 4.78 is 6.26. The number of carbonyl (C=O) groups excluding carboxylic acids is 1. The molecule has 3 heterocycles. The number of ether oxygens (including phenoxy) is 1. The Kier molecular flexibility index (Phi) is 4.87. The van der Waals surface area contributed by atoms with Crippen LogP contribution in [0.1, 0.15) is 15.9 Å². The van der Waals surface area contributed by atoms with Crippen LogP contribution < -0.4 is 4.90 Å². The van der Waals surface area contributed by atoms with Gasteiger partial charge in [0.15, 0.2) is 5.78 Å². The van der Waals surface area contributed by atoms with Crippen molar-refractivity contribution >= 4 is 45.5 Å². The van der Waals surface area contributed by atoms with Crippen LogP contribution in [0.3, 0.4) is 0 Å². The number of fused-ring (bicyclic) bond motifs is 1. The van der Waals surface area contributed by atoms with Crippen LogP contribution in [-0.4, -0.2) is 47.8 Å². The molecule has 0 atom stereocenters. The summed E-state index contributed by atoms with van der Waals surface area (Å²) in [5, 5.41) is 0. The number of Topliss-reactive ketones (excluding diaryl/α,β-unsaturated/α-hetero) is 1. The van der Waals surface area contributed by atoms with Gasteiger partial charge in [0.2, 0.25) is 5.95 Å². The van der Waals surface area contributed by atoms with Gasteiger partial charge in [-0.2, -0.15) is 0 Å². The number of hydrogen-bond acceptors (Lipinski definition) is 6. The lowest BCUT2D eigenvalue weighted by molar-refractivity contribution is 0.103. The van der Waals surface area contributed by atoms with E-state index in [0.717, 1.165) is 39.2 Å². The number of morpholine rings is 1. The molecule has 2 aromatic rings. The second-order valence-electron chi connectivity index (χ2n) is 5.84. The monoisotopic (exact) mass is 417 g/mol. The number of anilines is 1. The summed E-state index contributed by atoms with van der Waals surface area (Å²) in [6, 6.07) is 5.83. The minimum Gasteiger partial charge on any atom is -0.378 e. The minimum absolute atomic E-state index is 0.0762. The maximum atomic E-state index is 12.7. The molecule has 1 fully saturated rings. The lowest BCUT2D eigenvalue weighted by atomic mass is 10.0. The summed E-state index contributed by atoms with van der Waals surface area (Å²) in [4.78, 5) is 24.7. The van der Waals surface area contributed by atoms with Gasteiger partial charge in [0, 0.05) is 57.3 Å². The Balaban J connectivity index is 1.55. The van der Waals surface area contributed by atoms with Crippen LogP contribution in [0, 0.1) is 0 Å². The molecule has 128 valence electrons. The van der Waals surface area contributed by atoms with Gasteiger partial charge in [-0.25, -0.2) is 9.97 Å². The predicted molar refractivity (Wildman–Crippen MR) is 102 cm³/mol. The highest BCUT2D eigenvalue weighted by Gasteiger charge is 2.22. The molecule has 7 heteroatoms. The highest BCUT2D eigenvalue weighted by Crippen LogP contribution is 2.34. The molecule has 0 amide bonds. The maximum absolute atomic E-state index is 12.7. The fourth-order valence-electron chi connectivity index (χ4n) is 2.84. The molecule has 25 heavy (non-hydrogen) atoms. The maximum Gasteiger partial charge on any atom is 0.225 e. The smallest absolute Gasteiger partial charge is 0.225 e. The number of halogens is 1. The molecule has 0 N–H and O–H groups in total. The van der Waals surface area contributed by atoms with Crippen molar-refractivity contribution in [3.05, 3.63) is 51.8 Å². The van der Waals surface area contributed by atoms with Crippen molar-refractivity contribution in [2.75, 3.05) is 37.0 Å². The molecule has 1 saturated heterocycles. The van der Waals surface area contributed by atoms with E-state index in [1.54, 1.807) is 24.2 Å². The molecule has 0 unspecified atom stereocenters. The zero-order chi connectivity index (χ0) is 17.2. The Morgan fingerprint density at radius 2 is 1.96 bits per heavy atom. The van der Waals surface area contributed by atoms with Gasteiger partial charge in [-0.3, -0.25) is 4.79 Å². The molecule has 5 nitrogen and oxygen atoms in total. The average molecular weight is 418 g/mol. The molecule has 0 saturated carbocycles. The van der Waals surface area contributed by atoms with Crippen molar-refractivity contribution in [1.82, 2.24) is 9.97 Å². The molecule has 2 aliphatic rings. The number of hydrogen-bond donors (Lipinski definition) is 0. The molecular weight excluding hydrogens is 402 g/mol. The van der Waals surface area contributed by atoms with Gasteiger partial charge in [0.1, 0.15) is 0 Å². The Hall–Kier alpha value is -1.70. The van der Waals surface area contributed by atoms with Crippen LogP contribution in [0.25, 0.3) is 6.08 Å². The van der Waals surface area contributed by atoms with Gasteiger partial charge in [0.05, 0.1) is 13.2 Å². The number of ketones is 1. The highest BCUT2D eigenvalue weighted by atomic mass is 79.9. The molecule has 0 bridgehead atoms. The fraction of sp³-hybridized carbons (Fsp3) is 0.278. The summed E-state index contributed by atoms with van der Waals surface area (Å²) in [5.74, 6) is 1.45. The second-order valence-corrected chi connectivity index (χ2v) is 7.78. The van der Waals surface area contributed by atoms with E-state index in [9.17, 15) is 4.79 Å². The van der Waals surface area contributed by atoms with E-state index >= 15 is 0 Å². The first-order valence-corrected chi connectivity index (χ1v) is 9.81. The summed E-state index contributed by atoms with van der Waals surface area (Å²) in [5.41, 5.74) is 2.38. The number of nitrogens with zero attached hydrogens (tertiary/aromatic N) is 3. The topological polar surface area (TPSA) is 55.3 Å². The Labute approximate surface area is 158 Å². The molecule has 2 aliphatic heterocycles. The SMILES string of the molecule is O=C1/C(=C\c2cnc(N3CCOCC3)nc2)CSc2ccc(Br)cc21. The van der Waals surface area contributed by atoms with Gasteiger partial charge >= 0.3 is 0 Å². The van der Waals surface area contributed by atoms with E-state index in [2.05, 4.69) is 30.8 Å². The van der Waals surface area contributed by atoms with E-state index in [-0.39, 0.29) is 5.78 Å². The molecule has 1 aromatic heterocycles. The first kappa shape index (κ1) is 16.8.